The number of halogens is 4. The molecule has 0 amide bonds. The predicted molar refractivity (Wildman–Crippen MR) is 476 cm³/mol. The fourth-order valence-corrected chi connectivity index (χ4v) is 11.4. The largest absolute Gasteiger partial charge is 3.00 e. The number of aliphatic hydroxyl groups is 1. The van der Waals surface area contributed by atoms with Crippen molar-refractivity contribution in [1.82, 2.24) is 44.9 Å². The standard InChI is InChI=1S/3C15H10N.2C11H6F2N.3C11H8N.C7H7NO.3Ir/c3*1-2-6-12(7-3-1)15-11-10-13-8-4-5-9-14(13)16-15;2*12-8-4-5-9(10(13)7-8)11-3-1-2-6-14-11;3*1-2-6-10(7-3-1)11-8-4-5-9-12-11;1-6(9)7-4-2-3-5-8-7;;;/h3*1-6,8-11H;2*1-4,6-7H;3*1-6,8-9H;2-5,9H,1H2;;;/q8*-1;;;2*+3. The van der Waals surface area contributed by atoms with Gasteiger partial charge in [0, 0.05) is 80.6 Å². The number of hydrogen-bond acceptors (Lipinski definition) is 10. The number of aromatic nitrogens is 9. The summed E-state index contributed by atoms with van der Waals surface area (Å²) in [6.45, 7) is 3.32. The average molecular weight is 2150 g/mol. The third-order valence-corrected chi connectivity index (χ3v) is 17.2. The first-order valence-corrected chi connectivity index (χ1v) is 38.0. The minimum Gasteiger partial charge on any atom is -0.506 e. The third kappa shape index (κ3) is 29.6. The van der Waals surface area contributed by atoms with Gasteiger partial charge in [-0.15, -0.1) is 240 Å². The van der Waals surface area contributed by atoms with Gasteiger partial charge in [0.05, 0.1) is 16.6 Å². The number of pyridine rings is 9. The zero-order valence-corrected chi connectivity index (χ0v) is 73.3. The van der Waals surface area contributed by atoms with Gasteiger partial charge >= 0.3 is 40.2 Å². The van der Waals surface area contributed by atoms with Crippen LogP contribution in [0.2, 0.25) is 0 Å². The first-order valence-electron chi connectivity index (χ1n) is 38.0. The zero-order valence-electron chi connectivity index (χ0n) is 66.1. The topological polar surface area (TPSA) is 136 Å². The van der Waals surface area contributed by atoms with Gasteiger partial charge in [0.1, 0.15) is 11.5 Å². The smallest absolute Gasteiger partial charge is 0.506 e. The zero-order chi connectivity index (χ0) is 83.7. The quantitative estimate of drug-likeness (QED) is 0.0845. The minimum absolute atomic E-state index is 0. The number of nitrogens with zero attached hydrogens (tertiary/aromatic N) is 9. The second-order valence-electron chi connectivity index (χ2n) is 25.6. The molecule has 0 spiro atoms. The maximum atomic E-state index is 13.2. The van der Waals surface area contributed by atoms with Crippen LogP contribution in [-0.2, 0) is 60.3 Å². The van der Waals surface area contributed by atoms with Crippen LogP contribution in [0.25, 0.3) is 129 Å². The van der Waals surface area contributed by atoms with E-state index < -0.39 is 23.3 Å². The summed E-state index contributed by atoms with van der Waals surface area (Å²) >= 11 is 0. The number of benzene rings is 11. The molecule has 20 rings (SSSR count). The van der Waals surface area contributed by atoms with Crippen molar-refractivity contribution in [2.24, 2.45) is 0 Å². The van der Waals surface area contributed by atoms with Crippen molar-refractivity contribution < 1.29 is 83.0 Å². The Hall–Kier alpha value is -14.2. The molecule has 0 aliphatic carbocycles. The van der Waals surface area contributed by atoms with Crippen LogP contribution in [0, 0.1) is 71.8 Å². The van der Waals surface area contributed by atoms with Crippen LogP contribution in [0.4, 0.5) is 17.6 Å². The van der Waals surface area contributed by atoms with Crippen LogP contribution in [0.5, 0.6) is 0 Å². The maximum absolute atomic E-state index is 13.2. The Morgan fingerprint density at radius 2 is 0.492 bits per heavy atom. The van der Waals surface area contributed by atoms with Gasteiger partial charge in [-0.1, -0.05) is 188 Å². The fraction of sp³-hybridized carbons (Fsp3) is 0. The van der Waals surface area contributed by atoms with E-state index in [1.165, 1.54) is 16.2 Å². The van der Waals surface area contributed by atoms with Crippen molar-refractivity contribution in [3.8, 4) is 90.1 Å². The Kier molecular flexibility index (Phi) is 38.8. The third-order valence-electron chi connectivity index (χ3n) is 17.2. The predicted octanol–water partition coefficient (Wildman–Crippen LogP) is 26.0. The maximum Gasteiger partial charge on any atom is 3.00 e. The molecular formula is C107H73F4Ir3N9O-2. The molecule has 1 N–H and O–H groups in total. The van der Waals surface area contributed by atoms with E-state index in [1.54, 1.807) is 91.8 Å². The Labute approximate surface area is 759 Å². The molecule has 609 valence electrons. The normalized spacial score (nSPS) is 9.81. The molecule has 1 radical (unpaired) electrons. The Bertz CT molecular complexity index is 5810. The molecule has 10 nitrogen and oxygen atoms in total. The summed E-state index contributed by atoms with van der Waals surface area (Å²) in [5, 5.41) is 12.3. The van der Waals surface area contributed by atoms with Crippen LogP contribution in [0.1, 0.15) is 5.69 Å². The Morgan fingerprint density at radius 3 is 0.718 bits per heavy atom. The van der Waals surface area contributed by atoms with Crippen molar-refractivity contribution in [1.29, 1.82) is 0 Å². The first kappa shape index (κ1) is 93.6. The van der Waals surface area contributed by atoms with Crippen LogP contribution >= 0.6 is 0 Å². The SMILES string of the molecule is C=C(O)c1ccccn1.Fc1c[c-]c(-c2ccccn2)c(F)c1.Fc1c[c-]c(-c2ccccn2)c(F)c1.[Ir+3].[Ir+3].[Ir].[c-]1ccccc1-c1ccc2ccccc2n1.[c-]1ccccc1-c1ccc2ccccc2n1.[c-]1ccccc1-c1ccc2ccccc2n1.[c-]1ccccc1-c1ccccn1.[c-]1ccccc1-c1ccccn1.[c-]1ccccc1-c1ccccn1. The summed E-state index contributed by atoms with van der Waals surface area (Å²) in [5.41, 5.74) is 16.9. The van der Waals surface area contributed by atoms with E-state index in [2.05, 4.69) is 136 Å². The van der Waals surface area contributed by atoms with Crippen LogP contribution < -0.4 is 0 Å². The minimum atomic E-state index is -0.649. The van der Waals surface area contributed by atoms with Crippen molar-refractivity contribution in [2.45, 2.75) is 0 Å². The summed E-state index contributed by atoms with van der Waals surface area (Å²) in [5.74, 6) is -2.56. The molecule has 0 aliphatic heterocycles. The van der Waals surface area contributed by atoms with Crippen molar-refractivity contribution in [3.63, 3.8) is 0 Å². The van der Waals surface area contributed by atoms with Crippen molar-refractivity contribution in [2.75, 3.05) is 0 Å². The molecule has 9 aromatic heterocycles. The van der Waals surface area contributed by atoms with Gasteiger partial charge in [-0.05, 0) is 122 Å². The Morgan fingerprint density at radius 1 is 0.250 bits per heavy atom. The van der Waals surface area contributed by atoms with Crippen LogP contribution in [0.15, 0.2) is 432 Å². The number of hydrogen-bond donors (Lipinski definition) is 1. The van der Waals surface area contributed by atoms with E-state index in [9.17, 15) is 17.6 Å². The molecule has 9 heterocycles. The molecule has 0 saturated carbocycles. The summed E-state index contributed by atoms with van der Waals surface area (Å²) < 4.78 is 51.6. The molecule has 0 bridgehead atoms. The number of aliphatic hydroxyl groups excluding tert-OH is 1. The molecule has 11 aromatic carbocycles. The van der Waals surface area contributed by atoms with E-state index in [0.717, 1.165) is 108 Å². The summed E-state index contributed by atoms with van der Waals surface area (Å²) in [6, 6.07) is 145. The molecule has 20 aromatic rings. The molecule has 124 heavy (non-hydrogen) atoms. The molecule has 0 fully saturated rings. The van der Waals surface area contributed by atoms with Gasteiger partial charge in [-0.25, -0.2) is 0 Å². The molecule has 0 aliphatic rings. The summed E-state index contributed by atoms with van der Waals surface area (Å²) in [7, 11) is 0. The monoisotopic (exact) mass is 2150 g/mol. The second-order valence-corrected chi connectivity index (χ2v) is 25.6. The van der Waals surface area contributed by atoms with Gasteiger partial charge in [-0.2, -0.15) is 0 Å². The van der Waals surface area contributed by atoms with E-state index in [-0.39, 0.29) is 77.2 Å². The van der Waals surface area contributed by atoms with Crippen LogP contribution in [0.3, 0.4) is 0 Å². The first-order chi connectivity index (χ1) is 59.5. The van der Waals surface area contributed by atoms with Crippen molar-refractivity contribution >= 4 is 38.5 Å². The van der Waals surface area contributed by atoms with Gasteiger partial charge in [-0.3, -0.25) is 37.5 Å². The second kappa shape index (κ2) is 51.4. The molecule has 0 unspecified atom stereocenters. The van der Waals surface area contributed by atoms with E-state index in [0.29, 0.717) is 17.1 Å². The van der Waals surface area contributed by atoms with Gasteiger partial charge < -0.3 is 30.0 Å². The van der Waals surface area contributed by atoms with E-state index in [1.807, 2.05) is 273 Å². The number of para-hydroxylation sites is 3. The van der Waals surface area contributed by atoms with Gasteiger partial charge in [0.15, 0.2) is 0 Å². The molecule has 0 saturated heterocycles. The summed E-state index contributed by atoms with van der Waals surface area (Å²) in [4.78, 5) is 38.2. The number of fused-ring (bicyclic) bond motifs is 3. The van der Waals surface area contributed by atoms with E-state index >= 15 is 0 Å². The molecular weight excluding hydrogens is 2080 g/mol. The number of rotatable bonds is 9. The summed E-state index contributed by atoms with van der Waals surface area (Å²) in [6.07, 6.45) is 10.1. The molecule has 17 heteroatoms. The fourth-order valence-electron chi connectivity index (χ4n) is 11.4. The Balaban J connectivity index is 0.000000158. The van der Waals surface area contributed by atoms with Gasteiger partial charge in [0.2, 0.25) is 0 Å². The van der Waals surface area contributed by atoms with Gasteiger partial charge in [0.25, 0.3) is 0 Å². The van der Waals surface area contributed by atoms with Crippen molar-refractivity contribution in [3.05, 3.63) is 510 Å². The average Bonchev–Trinajstić information content (AvgIpc) is 0.829. The molecule has 0 atom stereocenters. The van der Waals surface area contributed by atoms with E-state index in [4.69, 9.17) is 5.11 Å². The van der Waals surface area contributed by atoms with Crippen LogP contribution in [-0.4, -0.2) is 50.0 Å².